The maximum absolute atomic E-state index is 12.6. The summed E-state index contributed by atoms with van der Waals surface area (Å²) in [6, 6.07) is 5.33. The number of carboxylic acids is 1. The quantitative estimate of drug-likeness (QED) is 0.417. The van der Waals surface area contributed by atoms with Gasteiger partial charge in [-0.15, -0.1) is 0 Å². The maximum atomic E-state index is 12.6. The summed E-state index contributed by atoms with van der Waals surface area (Å²) < 4.78 is 5.44. The number of carbonyl (C=O) groups excluding carboxylic acids is 1. The van der Waals surface area contributed by atoms with Crippen LogP contribution in [0.3, 0.4) is 0 Å². The molecule has 9 heteroatoms. The van der Waals surface area contributed by atoms with Crippen LogP contribution >= 0.6 is 0 Å². The van der Waals surface area contributed by atoms with Crippen molar-refractivity contribution in [1.82, 2.24) is 10.6 Å². The van der Waals surface area contributed by atoms with E-state index in [-0.39, 0.29) is 22.8 Å². The summed E-state index contributed by atoms with van der Waals surface area (Å²) in [6.07, 6.45) is 7.07. The molecule has 0 unspecified atom stereocenters. The Morgan fingerprint density at radius 3 is 2.63 bits per heavy atom. The summed E-state index contributed by atoms with van der Waals surface area (Å²) in [6.45, 7) is 0.882. The van der Waals surface area contributed by atoms with Gasteiger partial charge in [0.15, 0.2) is 0 Å². The Kier molecular flexibility index (Phi) is 6.04. The van der Waals surface area contributed by atoms with Crippen LogP contribution in [0.1, 0.15) is 60.9 Å². The SMILES string of the molecule is NC1(CN[C@H]2CC[C@H](CC(=O)N[C@H]3Cc4cccc(C(=O)O)c4OB3O)CC2)CC1. The van der Waals surface area contributed by atoms with Crippen molar-refractivity contribution in [2.45, 2.75) is 68.9 Å². The van der Waals surface area contributed by atoms with Gasteiger partial charge in [0.25, 0.3) is 0 Å². The van der Waals surface area contributed by atoms with Gasteiger partial charge in [-0.05, 0) is 62.5 Å². The Labute approximate surface area is 176 Å². The largest absolute Gasteiger partial charge is 0.547 e. The van der Waals surface area contributed by atoms with Crippen LogP contribution in [-0.2, 0) is 11.2 Å². The van der Waals surface area contributed by atoms with Crippen molar-refractivity contribution < 1.29 is 24.4 Å². The molecule has 2 aliphatic carbocycles. The second kappa shape index (κ2) is 8.57. The number of carbonyl (C=O) groups is 2. The summed E-state index contributed by atoms with van der Waals surface area (Å²) in [7, 11) is -1.27. The first-order valence-electron chi connectivity index (χ1n) is 10.8. The minimum atomic E-state index is -1.27. The van der Waals surface area contributed by atoms with E-state index in [1.165, 1.54) is 6.07 Å². The molecule has 2 saturated carbocycles. The number of rotatable bonds is 7. The molecule has 30 heavy (non-hydrogen) atoms. The Balaban J connectivity index is 1.24. The predicted octanol–water partition coefficient (Wildman–Crippen LogP) is 0.854. The van der Waals surface area contributed by atoms with Gasteiger partial charge in [0.05, 0.1) is 11.5 Å². The number of amides is 1. The highest BCUT2D eigenvalue weighted by Gasteiger charge is 2.39. The van der Waals surface area contributed by atoms with Gasteiger partial charge >= 0.3 is 13.1 Å². The molecule has 8 nitrogen and oxygen atoms in total. The van der Waals surface area contributed by atoms with Crippen LogP contribution in [0.2, 0.25) is 0 Å². The molecule has 1 amide bonds. The number of nitrogens with one attached hydrogen (secondary N) is 2. The highest BCUT2D eigenvalue weighted by Crippen LogP contribution is 2.33. The number of hydrogen-bond donors (Lipinski definition) is 5. The second-order valence-electron chi connectivity index (χ2n) is 9.15. The first kappa shape index (κ1) is 21.1. The Morgan fingerprint density at radius 1 is 1.23 bits per heavy atom. The molecule has 0 radical (unpaired) electrons. The van der Waals surface area contributed by atoms with Crippen molar-refractivity contribution in [3.05, 3.63) is 29.3 Å². The lowest BCUT2D eigenvalue weighted by Crippen LogP contribution is -2.53. The molecule has 4 rings (SSSR count). The average molecular weight is 415 g/mol. The van der Waals surface area contributed by atoms with Gasteiger partial charge in [-0.3, -0.25) is 4.79 Å². The van der Waals surface area contributed by atoms with Crippen LogP contribution in [0, 0.1) is 5.92 Å². The van der Waals surface area contributed by atoms with Gasteiger partial charge in [-0.2, -0.15) is 0 Å². The van der Waals surface area contributed by atoms with Gasteiger partial charge in [0, 0.05) is 24.5 Å². The van der Waals surface area contributed by atoms with E-state index in [4.69, 9.17) is 10.4 Å². The molecular weight excluding hydrogens is 385 g/mol. The molecule has 1 aromatic rings. The van der Waals surface area contributed by atoms with Gasteiger partial charge in [0.1, 0.15) is 5.75 Å². The van der Waals surface area contributed by atoms with Crippen LogP contribution in [-0.4, -0.2) is 53.2 Å². The molecule has 3 aliphatic rings. The minimum absolute atomic E-state index is 0.0173. The molecule has 0 aromatic heterocycles. The molecule has 1 heterocycles. The zero-order valence-electron chi connectivity index (χ0n) is 17.1. The summed E-state index contributed by atoms with van der Waals surface area (Å²) >= 11 is 0. The second-order valence-corrected chi connectivity index (χ2v) is 9.15. The first-order chi connectivity index (χ1) is 14.3. The normalized spacial score (nSPS) is 27.0. The Bertz CT molecular complexity index is 808. The molecule has 0 spiro atoms. The third kappa shape index (κ3) is 4.96. The van der Waals surface area contributed by atoms with E-state index in [1.807, 2.05) is 0 Å². The number of nitrogens with two attached hydrogens (primary N) is 1. The van der Waals surface area contributed by atoms with Crippen molar-refractivity contribution in [3.8, 4) is 5.75 Å². The number of hydrogen-bond acceptors (Lipinski definition) is 6. The number of benzene rings is 1. The standard InChI is InChI=1S/C21H30BN3O5/c23-21(8-9-21)12-24-15-6-4-13(5-7-15)10-18(26)25-17-11-14-2-1-3-16(20(27)28)19(14)30-22(17)29/h1-3,13,15,17,24,29H,4-12,23H2,(H,25,26)(H,27,28)/t13-,15-,17-/m0/s1. The van der Waals surface area contributed by atoms with Crippen molar-refractivity contribution in [2.75, 3.05) is 6.54 Å². The predicted molar refractivity (Wildman–Crippen MR) is 112 cm³/mol. The van der Waals surface area contributed by atoms with E-state index in [9.17, 15) is 19.7 Å². The van der Waals surface area contributed by atoms with E-state index < -0.39 is 19.0 Å². The monoisotopic (exact) mass is 415 g/mol. The molecule has 1 aromatic carbocycles. The molecule has 162 valence electrons. The highest BCUT2D eigenvalue weighted by atomic mass is 16.5. The van der Waals surface area contributed by atoms with Crippen molar-refractivity contribution in [3.63, 3.8) is 0 Å². The summed E-state index contributed by atoms with van der Waals surface area (Å²) in [5.74, 6) is -1.28. The fourth-order valence-corrected chi connectivity index (χ4v) is 4.50. The lowest BCUT2D eigenvalue weighted by molar-refractivity contribution is -0.122. The summed E-state index contributed by atoms with van der Waals surface area (Å²) in [5.41, 5.74) is 6.84. The molecule has 0 saturated heterocycles. The Morgan fingerprint density at radius 2 is 1.97 bits per heavy atom. The van der Waals surface area contributed by atoms with Gasteiger partial charge in [-0.25, -0.2) is 4.79 Å². The van der Waals surface area contributed by atoms with Crippen molar-refractivity contribution in [2.24, 2.45) is 11.7 Å². The van der Waals surface area contributed by atoms with Crippen LogP contribution in [0.4, 0.5) is 0 Å². The van der Waals surface area contributed by atoms with E-state index in [0.717, 1.165) is 45.1 Å². The average Bonchev–Trinajstić information content (AvgIpc) is 3.45. The lowest BCUT2D eigenvalue weighted by atomic mass is 9.72. The number of para-hydroxylation sites is 1. The van der Waals surface area contributed by atoms with Crippen LogP contribution < -0.4 is 21.0 Å². The molecular formula is C21H30BN3O5. The molecule has 2 fully saturated rings. The van der Waals surface area contributed by atoms with Gasteiger partial charge in [-0.1, -0.05) is 12.1 Å². The van der Waals surface area contributed by atoms with Crippen LogP contribution in [0.25, 0.3) is 0 Å². The van der Waals surface area contributed by atoms with E-state index in [0.29, 0.717) is 30.4 Å². The maximum Gasteiger partial charge on any atom is 0.547 e. The van der Waals surface area contributed by atoms with Gasteiger partial charge in [0.2, 0.25) is 5.91 Å². The van der Waals surface area contributed by atoms with E-state index in [1.54, 1.807) is 12.1 Å². The fourth-order valence-electron chi connectivity index (χ4n) is 4.50. The highest BCUT2D eigenvalue weighted by molar-refractivity contribution is 6.47. The first-order valence-corrected chi connectivity index (χ1v) is 10.8. The minimum Gasteiger partial charge on any atom is -0.534 e. The van der Waals surface area contributed by atoms with Crippen LogP contribution in [0.15, 0.2) is 18.2 Å². The topological polar surface area (TPSA) is 134 Å². The molecule has 1 aliphatic heterocycles. The Hall–Kier alpha value is -2.10. The van der Waals surface area contributed by atoms with E-state index >= 15 is 0 Å². The number of fused-ring (bicyclic) bond motifs is 1. The zero-order valence-corrected chi connectivity index (χ0v) is 17.1. The lowest BCUT2D eigenvalue weighted by Gasteiger charge is -2.31. The molecule has 0 bridgehead atoms. The fraction of sp³-hybridized carbons (Fsp3) is 0.619. The smallest absolute Gasteiger partial charge is 0.534 e. The van der Waals surface area contributed by atoms with E-state index in [2.05, 4.69) is 10.6 Å². The van der Waals surface area contributed by atoms with Crippen LogP contribution in [0.5, 0.6) is 5.75 Å². The third-order valence-electron chi connectivity index (χ3n) is 6.65. The third-order valence-corrected chi connectivity index (χ3v) is 6.65. The number of aromatic carboxylic acids is 1. The van der Waals surface area contributed by atoms with Crippen molar-refractivity contribution in [1.29, 1.82) is 0 Å². The molecule has 6 N–H and O–H groups in total. The van der Waals surface area contributed by atoms with Crippen molar-refractivity contribution >= 4 is 19.0 Å². The molecule has 1 atom stereocenters. The summed E-state index contributed by atoms with van der Waals surface area (Å²) in [4.78, 5) is 23.9. The zero-order chi connectivity index (χ0) is 21.3. The number of carboxylic acid groups (broad SMARTS) is 1. The summed E-state index contributed by atoms with van der Waals surface area (Å²) in [5, 5.41) is 26.0. The van der Waals surface area contributed by atoms with Gasteiger partial charge < -0.3 is 31.2 Å².